The monoisotopic (exact) mass is 662 g/mol. The van der Waals surface area contributed by atoms with E-state index in [1.165, 1.54) is 0 Å². The molecule has 2 atom stereocenters. The summed E-state index contributed by atoms with van der Waals surface area (Å²) in [5.41, 5.74) is 1.87. The van der Waals surface area contributed by atoms with Crippen molar-refractivity contribution in [2.75, 3.05) is 39.4 Å². The van der Waals surface area contributed by atoms with Crippen molar-refractivity contribution in [3.05, 3.63) is 41.7 Å². The lowest BCUT2D eigenvalue weighted by atomic mass is 10.1. The van der Waals surface area contributed by atoms with Gasteiger partial charge < -0.3 is 41.1 Å². The summed E-state index contributed by atoms with van der Waals surface area (Å²) in [7, 11) is 0. The molecule has 3 rings (SSSR count). The van der Waals surface area contributed by atoms with Gasteiger partial charge in [-0.25, -0.2) is 23.9 Å². The lowest BCUT2D eigenvalue weighted by Crippen LogP contribution is -2.53. The molecule has 1 unspecified atom stereocenters. The van der Waals surface area contributed by atoms with Gasteiger partial charge in [0.2, 0.25) is 0 Å². The summed E-state index contributed by atoms with van der Waals surface area (Å²) in [6.45, 7) is 1.12. The molecule has 0 spiro atoms. The number of alkyl halides is 1. The highest BCUT2D eigenvalue weighted by Crippen LogP contribution is 2.14. The van der Waals surface area contributed by atoms with E-state index < -0.39 is 49.1 Å². The Morgan fingerprint density at radius 2 is 1.45 bits per heavy atom. The molecule has 6 N–H and O–H groups in total. The van der Waals surface area contributed by atoms with Crippen LogP contribution >= 0.6 is 0 Å². The predicted octanol–water partition coefficient (Wildman–Crippen LogP) is 0.878. The Balaban J connectivity index is 1.36. The van der Waals surface area contributed by atoms with Crippen LogP contribution in [0.25, 0.3) is 5.69 Å². The van der Waals surface area contributed by atoms with Crippen LogP contribution in [0.3, 0.4) is 0 Å². The minimum Gasteiger partial charge on any atom is -0.481 e. The number of carboxylic acid groups (broad SMARTS) is 3. The van der Waals surface area contributed by atoms with Gasteiger partial charge in [-0.2, -0.15) is 0 Å². The molecule has 2 aromatic rings. The number of rotatable bonds is 17. The van der Waals surface area contributed by atoms with Crippen LogP contribution in [0.5, 0.6) is 0 Å². The molecular weight excluding hydrogens is 623 g/mol. The molecule has 1 saturated heterocycles. The minimum atomic E-state index is -1.50. The highest BCUT2D eigenvalue weighted by Gasteiger charge is 2.26. The molecule has 1 aliphatic heterocycles. The Morgan fingerprint density at radius 3 is 2.04 bits per heavy atom. The minimum absolute atomic E-state index is 0.00753. The molecule has 1 aromatic heterocycles. The number of carbonyl (C=O) groups is 6. The number of unbranched alkanes of at least 4 members (excludes halogenated alkanes) is 1. The fourth-order valence-corrected chi connectivity index (χ4v) is 4.76. The Morgan fingerprint density at radius 1 is 0.830 bits per heavy atom. The van der Waals surface area contributed by atoms with Gasteiger partial charge in [-0.05, 0) is 62.8 Å². The molecule has 0 aliphatic carbocycles. The lowest BCUT2D eigenvalue weighted by molar-refractivity contribution is -0.140. The molecule has 18 heteroatoms. The van der Waals surface area contributed by atoms with Gasteiger partial charge in [0.05, 0.1) is 24.3 Å². The van der Waals surface area contributed by atoms with E-state index >= 15 is 0 Å². The first-order valence-corrected chi connectivity index (χ1v) is 15.1. The number of amides is 5. The normalized spacial score (nSPS) is 14.1. The molecule has 2 heterocycles. The number of carbonyl (C=O) groups excluding carboxylic acids is 3. The number of urea groups is 2. The van der Waals surface area contributed by atoms with Crippen molar-refractivity contribution in [2.45, 2.75) is 57.0 Å². The largest absolute Gasteiger partial charge is 0.481 e. The van der Waals surface area contributed by atoms with Gasteiger partial charge >= 0.3 is 30.0 Å². The summed E-state index contributed by atoms with van der Waals surface area (Å²) in [5, 5.41) is 42.3. The summed E-state index contributed by atoms with van der Waals surface area (Å²) in [6.07, 6.45) is 2.44. The van der Waals surface area contributed by atoms with E-state index in [1.807, 2.05) is 0 Å². The summed E-state index contributed by atoms with van der Waals surface area (Å²) < 4.78 is 14.0. The standard InChI is InChI=1S/C29H39FN8O9/c30-12-3-4-20-18-38(35-34-20)21-8-6-19(7-9-21)25(41)36-14-16-37(17-15-36)29(47)31-13-2-1-5-22(26(42)43)32-28(46)33-23(27(44)45)10-11-24(39)40/h6-9,18,22-23H,1-5,10-17H2,(H,31,47)(H,39,40)(H,42,43)(H,44,45)(H2,32,33,46)/t22-,23?/m0/s1. The van der Waals surface area contributed by atoms with Crippen molar-refractivity contribution >= 4 is 35.9 Å². The van der Waals surface area contributed by atoms with E-state index in [0.29, 0.717) is 68.8 Å². The van der Waals surface area contributed by atoms with Gasteiger partial charge in [-0.1, -0.05) is 5.21 Å². The van der Waals surface area contributed by atoms with Gasteiger partial charge in [0.1, 0.15) is 12.1 Å². The van der Waals surface area contributed by atoms with Crippen LogP contribution in [0.2, 0.25) is 0 Å². The third-order valence-corrected chi connectivity index (χ3v) is 7.39. The second-order valence-corrected chi connectivity index (χ2v) is 10.8. The van der Waals surface area contributed by atoms with Crippen LogP contribution < -0.4 is 16.0 Å². The lowest BCUT2D eigenvalue weighted by Gasteiger charge is -2.34. The van der Waals surface area contributed by atoms with E-state index in [1.54, 1.807) is 44.9 Å². The second kappa shape index (κ2) is 18.0. The average molecular weight is 663 g/mol. The van der Waals surface area contributed by atoms with Gasteiger partial charge in [0, 0.05) is 44.7 Å². The number of aromatic nitrogens is 3. The Hall–Kier alpha value is -5.29. The first-order chi connectivity index (χ1) is 22.5. The Kier molecular flexibility index (Phi) is 13.9. The number of benzene rings is 1. The van der Waals surface area contributed by atoms with Crippen molar-refractivity contribution in [2.24, 2.45) is 0 Å². The van der Waals surface area contributed by atoms with Crippen LogP contribution in [-0.4, -0.2) is 127 Å². The number of aliphatic carboxylic acids is 3. The summed E-state index contributed by atoms with van der Waals surface area (Å²) in [6, 6.07) is 2.66. The van der Waals surface area contributed by atoms with Crippen molar-refractivity contribution < 1.29 is 48.5 Å². The fraction of sp³-hybridized carbons (Fsp3) is 0.517. The number of halogens is 1. The molecule has 47 heavy (non-hydrogen) atoms. The topological polar surface area (TPSA) is 236 Å². The molecule has 0 radical (unpaired) electrons. The second-order valence-electron chi connectivity index (χ2n) is 10.8. The van der Waals surface area contributed by atoms with E-state index in [0.717, 1.165) is 0 Å². The SMILES string of the molecule is O=C(O)CCC(NC(=O)N[C@@H](CCCCNC(=O)N1CCN(C(=O)c2ccc(-n3cc(CCCF)nn3)cc2)CC1)C(=O)O)C(=O)O. The van der Waals surface area contributed by atoms with Gasteiger partial charge in [0.25, 0.3) is 5.91 Å². The summed E-state index contributed by atoms with van der Waals surface area (Å²) in [4.78, 5) is 74.5. The number of hydrogen-bond acceptors (Lipinski definition) is 8. The number of aryl methyl sites for hydroxylation is 1. The third kappa shape index (κ3) is 11.5. The smallest absolute Gasteiger partial charge is 0.326 e. The zero-order chi connectivity index (χ0) is 34.3. The summed E-state index contributed by atoms with van der Waals surface area (Å²) in [5.74, 6) is -4.19. The van der Waals surface area contributed by atoms with Gasteiger partial charge in [0.15, 0.2) is 0 Å². The van der Waals surface area contributed by atoms with Crippen molar-refractivity contribution in [1.82, 2.24) is 40.7 Å². The number of carboxylic acids is 3. The molecule has 0 saturated carbocycles. The maximum atomic E-state index is 13.0. The quantitative estimate of drug-likeness (QED) is 0.130. The number of piperazine rings is 1. The van der Waals surface area contributed by atoms with E-state index in [2.05, 4.69) is 26.3 Å². The van der Waals surface area contributed by atoms with E-state index in [9.17, 15) is 38.3 Å². The zero-order valence-electron chi connectivity index (χ0n) is 25.6. The first-order valence-electron chi connectivity index (χ1n) is 15.1. The molecule has 5 amide bonds. The fourth-order valence-electron chi connectivity index (χ4n) is 4.76. The first kappa shape index (κ1) is 36.2. The molecular formula is C29H39FN8O9. The van der Waals surface area contributed by atoms with Crippen LogP contribution in [0.1, 0.15) is 54.6 Å². The molecule has 0 bridgehead atoms. The van der Waals surface area contributed by atoms with Crippen molar-refractivity contribution in [3.8, 4) is 5.69 Å². The number of nitrogens with zero attached hydrogens (tertiary/aromatic N) is 5. The zero-order valence-corrected chi connectivity index (χ0v) is 25.6. The molecule has 1 fully saturated rings. The average Bonchev–Trinajstić information content (AvgIpc) is 3.53. The summed E-state index contributed by atoms with van der Waals surface area (Å²) >= 11 is 0. The molecule has 1 aromatic carbocycles. The Labute approximate surface area is 269 Å². The maximum Gasteiger partial charge on any atom is 0.326 e. The highest BCUT2D eigenvalue weighted by atomic mass is 19.1. The van der Waals surface area contributed by atoms with Crippen LogP contribution in [-0.2, 0) is 20.8 Å². The van der Waals surface area contributed by atoms with Gasteiger partial charge in [-0.15, -0.1) is 5.10 Å². The van der Waals surface area contributed by atoms with Crippen LogP contribution in [0.15, 0.2) is 30.5 Å². The van der Waals surface area contributed by atoms with E-state index in [-0.39, 0.29) is 31.3 Å². The number of hydrogen-bond donors (Lipinski definition) is 6. The third-order valence-electron chi connectivity index (χ3n) is 7.39. The highest BCUT2D eigenvalue weighted by molar-refractivity contribution is 5.94. The molecule has 17 nitrogen and oxygen atoms in total. The van der Waals surface area contributed by atoms with Gasteiger partial charge in [-0.3, -0.25) is 14.0 Å². The van der Waals surface area contributed by atoms with Crippen LogP contribution in [0, 0.1) is 0 Å². The van der Waals surface area contributed by atoms with E-state index in [4.69, 9.17) is 10.2 Å². The Bertz CT molecular complexity index is 1400. The van der Waals surface area contributed by atoms with Crippen molar-refractivity contribution in [3.63, 3.8) is 0 Å². The maximum absolute atomic E-state index is 13.0. The molecule has 256 valence electrons. The predicted molar refractivity (Wildman–Crippen MR) is 162 cm³/mol. The van der Waals surface area contributed by atoms with Crippen LogP contribution in [0.4, 0.5) is 14.0 Å². The van der Waals surface area contributed by atoms with Crippen molar-refractivity contribution in [1.29, 1.82) is 0 Å². The molecule has 1 aliphatic rings. The number of nitrogens with one attached hydrogen (secondary N) is 3.